The van der Waals surface area contributed by atoms with Gasteiger partial charge in [-0.3, -0.25) is 9.78 Å². The van der Waals surface area contributed by atoms with Gasteiger partial charge in [-0.2, -0.15) is 13.2 Å². The fourth-order valence-corrected chi connectivity index (χ4v) is 2.05. The fraction of sp³-hybridized carbons (Fsp3) is 0.118. The highest BCUT2D eigenvalue weighted by atomic mass is 19.4. The van der Waals surface area contributed by atoms with Crippen molar-refractivity contribution >= 4 is 11.6 Å². The van der Waals surface area contributed by atoms with E-state index in [9.17, 15) is 18.0 Å². The van der Waals surface area contributed by atoms with Crippen LogP contribution in [0.25, 0.3) is 11.3 Å². The molecule has 0 unspecified atom stereocenters. The topological polar surface area (TPSA) is 77.2 Å². The zero-order valence-electron chi connectivity index (χ0n) is 13.2. The van der Waals surface area contributed by atoms with E-state index < -0.39 is 18.7 Å². The van der Waals surface area contributed by atoms with Gasteiger partial charge in [0.25, 0.3) is 5.91 Å². The Morgan fingerprint density at radius 1 is 1.19 bits per heavy atom. The number of ether oxygens (including phenoxy) is 1. The molecule has 2 heterocycles. The van der Waals surface area contributed by atoms with Crippen LogP contribution >= 0.6 is 0 Å². The Hall–Kier alpha value is -3.36. The van der Waals surface area contributed by atoms with Gasteiger partial charge < -0.3 is 14.6 Å². The summed E-state index contributed by atoms with van der Waals surface area (Å²) in [6, 6.07) is 10.5. The molecule has 3 aromatic rings. The standard InChI is InChI=1S/C17H12F3N3O3/c18-17(19,20)10-25-13-5-1-4-12(7-13)22-16(24)14-8-15(26-23-14)11-3-2-6-21-9-11/h1-9H,10H2,(H,22,24). The van der Waals surface area contributed by atoms with E-state index in [1.807, 2.05) is 0 Å². The average molecular weight is 363 g/mol. The first-order valence-electron chi connectivity index (χ1n) is 7.39. The van der Waals surface area contributed by atoms with Gasteiger partial charge in [-0.1, -0.05) is 11.2 Å². The summed E-state index contributed by atoms with van der Waals surface area (Å²) in [7, 11) is 0. The van der Waals surface area contributed by atoms with Crippen LogP contribution in [-0.4, -0.2) is 28.8 Å². The maximum Gasteiger partial charge on any atom is 0.422 e. The molecule has 2 aromatic heterocycles. The van der Waals surface area contributed by atoms with Crippen molar-refractivity contribution in [1.29, 1.82) is 0 Å². The van der Waals surface area contributed by atoms with Crippen molar-refractivity contribution in [2.24, 2.45) is 0 Å². The predicted octanol–water partition coefficient (Wildman–Crippen LogP) is 3.93. The molecule has 1 amide bonds. The molecular formula is C17H12F3N3O3. The molecule has 26 heavy (non-hydrogen) atoms. The second-order valence-corrected chi connectivity index (χ2v) is 5.20. The van der Waals surface area contributed by atoms with E-state index in [0.29, 0.717) is 11.3 Å². The van der Waals surface area contributed by atoms with Crippen molar-refractivity contribution in [3.8, 4) is 17.1 Å². The van der Waals surface area contributed by atoms with Gasteiger partial charge >= 0.3 is 6.18 Å². The zero-order valence-corrected chi connectivity index (χ0v) is 13.2. The second-order valence-electron chi connectivity index (χ2n) is 5.20. The van der Waals surface area contributed by atoms with Gasteiger partial charge in [0.05, 0.1) is 0 Å². The molecule has 1 aromatic carbocycles. The summed E-state index contributed by atoms with van der Waals surface area (Å²) >= 11 is 0. The van der Waals surface area contributed by atoms with Crippen LogP contribution in [0.15, 0.2) is 59.4 Å². The molecule has 0 radical (unpaired) electrons. The van der Waals surface area contributed by atoms with Crippen LogP contribution in [0.3, 0.4) is 0 Å². The van der Waals surface area contributed by atoms with Crippen LogP contribution in [0.5, 0.6) is 5.75 Å². The minimum atomic E-state index is -4.44. The van der Waals surface area contributed by atoms with Crippen LogP contribution in [0.2, 0.25) is 0 Å². The Morgan fingerprint density at radius 2 is 2.04 bits per heavy atom. The molecule has 0 aliphatic rings. The van der Waals surface area contributed by atoms with Gasteiger partial charge in [-0.05, 0) is 24.3 Å². The lowest BCUT2D eigenvalue weighted by Gasteiger charge is -2.10. The number of amides is 1. The fourth-order valence-electron chi connectivity index (χ4n) is 2.05. The third-order valence-electron chi connectivity index (χ3n) is 3.18. The van der Waals surface area contributed by atoms with Gasteiger partial charge in [-0.25, -0.2) is 0 Å². The van der Waals surface area contributed by atoms with E-state index in [2.05, 4.69) is 20.2 Å². The summed E-state index contributed by atoms with van der Waals surface area (Å²) in [5, 5.41) is 6.21. The van der Waals surface area contributed by atoms with E-state index >= 15 is 0 Å². The molecule has 0 aliphatic heterocycles. The first-order chi connectivity index (χ1) is 12.4. The van der Waals surface area contributed by atoms with Gasteiger partial charge in [0.15, 0.2) is 18.1 Å². The van der Waals surface area contributed by atoms with Crippen molar-refractivity contribution in [3.05, 3.63) is 60.6 Å². The minimum Gasteiger partial charge on any atom is -0.484 e. The quantitative estimate of drug-likeness (QED) is 0.743. The lowest BCUT2D eigenvalue weighted by molar-refractivity contribution is -0.153. The van der Waals surface area contributed by atoms with E-state index in [0.717, 1.165) is 0 Å². The summed E-state index contributed by atoms with van der Waals surface area (Å²) < 4.78 is 46.3. The third-order valence-corrected chi connectivity index (χ3v) is 3.18. The van der Waals surface area contributed by atoms with Gasteiger partial charge in [0.2, 0.25) is 0 Å². The number of aromatic nitrogens is 2. The molecule has 0 fully saturated rings. The summed E-state index contributed by atoms with van der Waals surface area (Å²) in [6.07, 6.45) is -1.28. The number of nitrogens with zero attached hydrogens (tertiary/aromatic N) is 2. The van der Waals surface area contributed by atoms with Crippen LogP contribution in [0.4, 0.5) is 18.9 Å². The van der Waals surface area contributed by atoms with Crippen LogP contribution in [-0.2, 0) is 0 Å². The van der Waals surface area contributed by atoms with E-state index in [-0.39, 0.29) is 17.1 Å². The Bertz CT molecular complexity index is 895. The zero-order chi connectivity index (χ0) is 18.6. The van der Waals surface area contributed by atoms with Crippen molar-refractivity contribution in [2.45, 2.75) is 6.18 Å². The second kappa shape index (κ2) is 7.26. The predicted molar refractivity (Wildman–Crippen MR) is 85.7 cm³/mol. The average Bonchev–Trinajstić information content (AvgIpc) is 3.11. The number of carbonyl (C=O) groups is 1. The lowest BCUT2D eigenvalue weighted by Crippen LogP contribution is -2.19. The van der Waals surface area contributed by atoms with E-state index in [1.165, 1.54) is 30.3 Å². The number of rotatable bonds is 5. The summed E-state index contributed by atoms with van der Waals surface area (Å²) in [4.78, 5) is 16.2. The highest BCUT2D eigenvalue weighted by molar-refractivity contribution is 6.03. The van der Waals surface area contributed by atoms with E-state index in [1.54, 1.807) is 24.5 Å². The summed E-state index contributed by atoms with van der Waals surface area (Å²) in [6.45, 7) is -1.41. The number of halogens is 3. The van der Waals surface area contributed by atoms with Crippen LogP contribution in [0.1, 0.15) is 10.5 Å². The highest BCUT2D eigenvalue weighted by Gasteiger charge is 2.28. The smallest absolute Gasteiger partial charge is 0.422 e. The summed E-state index contributed by atoms with van der Waals surface area (Å²) in [5.41, 5.74) is 0.938. The normalized spacial score (nSPS) is 11.2. The summed E-state index contributed by atoms with van der Waals surface area (Å²) in [5.74, 6) is -0.223. The Labute approximate surface area is 145 Å². The molecule has 0 atom stereocenters. The maximum absolute atomic E-state index is 12.2. The van der Waals surface area contributed by atoms with Gasteiger partial charge in [-0.15, -0.1) is 0 Å². The molecule has 0 saturated carbocycles. The third kappa shape index (κ3) is 4.59. The largest absolute Gasteiger partial charge is 0.484 e. The number of anilines is 1. The SMILES string of the molecule is O=C(Nc1cccc(OCC(F)(F)F)c1)c1cc(-c2cccnc2)on1. The van der Waals surface area contributed by atoms with Crippen molar-refractivity contribution in [3.63, 3.8) is 0 Å². The monoisotopic (exact) mass is 363 g/mol. The van der Waals surface area contributed by atoms with Gasteiger partial charge in [0, 0.05) is 35.8 Å². The molecule has 6 nitrogen and oxygen atoms in total. The van der Waals surface area contributed by atoms with Crippen molar-refractivity contribution in [2.75, 3.05) is 11.9 Å². The number of benzene rings is 1. The van der Waals surface area contributed by atoms with Crippen LogP contribution in [0, 0.1) is 0 Å². The van der Waals surface area contributed by atoms with Crippen molar-refractivity contribution in [1.82, 2.24) is 10.1 Å². The molecule has 1 N–H and O–H groups in total. The maximum atomic E-state index is 12.2. The minimum absolute atomic E-state index is 0.0173. The number of carbonyl (C=O) groups excluding carboxylic acids is 1. The molecule has 9 heteroatoms. The molecule has 0 bridgehead atoms. The molecule has 0 saturated heterocycles. The molecular weight excluding hydrogens is 351 g/mol. The van der Waals surface area contributed by atoms with Crippen molar-refractivity contribution < 1.29 is 27.2 Å². The molecule has 0 spiro atoms. The first-order valence-corrected chi connectivity index (χ1v) is 7.39. The lowest BCUT2D eigenvalue weighted by atomic mass is 10.2. The number of hydrogen-bond donors (Lipinski definition) is 1. The first kappa shape index (κ1) is 17.5. The molecule has 134 valence electrons. The Balaban J connectivity index is 1.68. The van der Waals surface area contributed by atoms with E-state index in [4.69, 9.17) is 4.52 Å². The number of nitrogens with one attached hydrogen (secondary N) is 1. The number of alkyl halides is 3. The highest BCUT2D eigenvalue weighted by Crippen LogP contribution is 2.23. The Morgan fingerprint density at radius 3 is 2.77 bits per heavy atom. The molecule has 0 aliphatic carbocycles. The Kier molecular flexibility index (Phi) is 4.87. The number of pyridine rings is 1. The van der Waals surface area contributed by atoms with Crippen LogP contribution < -0.4 is 10.1 Å². The van der Waals surface area contributed by atoms with Gasteiger partial charge in [0.1, 0.15) is 5.75 Å². The molecule has 3 rings (SSSR count). The number of hydrogen-bond acceptors (Lipinski definition) is 5.